The first kappa shape index (κ1) is 14.2. The smallest absolute Gasteiger partial charge is 0.0950 e. The van der Waals surface area contributed by atoms with Crippen LogP contribution in [0.2, 0.25) is 0 Å². The Morgan fingerprint density at radius 1 is 1.47 bits per heavy atom. The zero-order chi connectivity index (χ0) is 12.9. The summed E-state index contributed by atoms with van der Waals surface area (Å²) in [6, 6.07) is 0. The molecule has 0 saturated heterocycles. The molecule has 0 aliphatic rings. The molecule has 3 N–H and O–H groups in total. The fraction of sp³-hybridized carbons (Fsp3) is 0.769. The molecule has 0 unspecified atom stereocenters. The summed E-state index contributed by atoms with van der Waals surface area (Å²) in [6.45, 7) is 12.4. The third kappa shape index (κ3) is 4.48. The second-order valence-electron chi connectivity index (χ2n) is 5.64. The average Bonchev–Trinajstić information content (AvgIpc) is 2.66. The Kier molecular flexibility index (Phi) is 5.15. The molecule has 0 radical (unpaired) electrons. The highest BCUT2D eigenvalue weighted by Crippen LogP contribution is 2.24. The van der Waals surface area contributed by atoms with Gasteiger partial charge in [0.05, 0.1) is 12.0 Å². The summed E-state index contributed by atoms with van der Waals surface area (Å²) < 4.78 is 2.03. The molecule has 1 aromatic heterocycles. The molecule has 0 saturated carbocycles. The van der Waals surface area contributed by atoms with E-state index in [0.717, 1.165) is 25.3 Å². The predicted molar refractivity (Wildman–Crippen MR) is 71.6 cm³/mol. The maximum Gasteiger partial charge on any atom is 0.0950 e. The second-order valence-corrected chi connectivity index (χ2v) is 5.64. The van der Waals surface area contributed by atoms with Gasteiger partial charge in [0.2, 0.25) is 0 Å². The van der Waals surface area contributed by atoms with Crippen molar-refractivity contribution >= 4 is 0 Å². The van der Waals surface area contributed by atoms with Crippen LogP contribution in [0.25, 0.3) is 0 Å². The Balaban J connectivity index is 2.35. The SMILES string of the molecule is CC(C)C(C)(C)CNCc1cn(CCN)cn1. The molecule has 4 nitrogen and oxygen atoms in total. The lowest BCUT2D eigenvalue weighted by atomic mass is 9.81. The van der Waals surface area contributed by atoms with Crippen molar-refractivity contribution in [1.29, 1.82) is 0 Å². The molecule has 17 heavy (non-hydrogen) atoms. The van der Waals surface area contributed by atoms with Crippen molar-refractivity contribution in [1.82, 2.24) is 14.9 Å². The van der Waals surface area contributed by atoms with Crippen molar-refractivity contribution in [2.24, 2.45) is 17.1 Å². The van der Waals surface area contributed by atoms with E-state index in [0.29, 0.717) is 17.9 Å². The van der Waals surface area contributed by atoms with Crippen LogP contribution in [0, 0.1) is 11.3 Å². The standard InChI is InChI=1S/C13H26N4/c1-11(2)13(3,4)9-15-7-12-8-17(6-5-14)10-16-12/h8,10-11,15H,5-7,9,14H2,1-4H3. The molecular weight excluding hydrogens is 212 g/mol. The van der Waals surface area contributed by atoms with Crippen LogP contribution < -0.4 is 11.1 Å². The molecule has 0 atom stereocenters. The van der Waals surface area contributed by atoms with E-state index >= 15 is 0 Å². The van der Waals surface area contributed by atoms with E-state index in [1.807, 2.05) is 10.9 Å². The number of imidazole rings is 1. The highest BCUT2D eigenvalue weighted by molar-refractivity contribution is 4.96. The predicted octanol–water partition coefficient (Wildman–Crippen LogP) is 1.61. The third-order valence-corrected chi connectivity index (χ3v) is 3.52. The van der Waals surface area contributed by atoms with Crippen molar-refractivity contribution in [2.45, 2.75) is 40.8 Å². The molecule has 98 valence electrons. The van der Waals surface area contributed by atoms with Crippen LogP contribution in [0.4, 0.5) is 0 Å². The van der Waals surface area contributed by atoms with Crippen LogP contribution in [0.3, 0.4) is 0 Å². The van der Waals surface area contributed by atoms with E-state index in [1.165, 1.54) is 0 Å². The van der Waals surface area contributed by atoms with Gasteiger partial charge in [-0.15, -0.1) is 0 Å². The number of rotatable bonds is 7. The molecule has 0 amide bonds. The molecule has 0 aliphatic heterocycles. The quantitative estimate of drug-likeness (QED) is 0.759. The summed E-state index contributed by atoms with van der Waals surface area (Å²) >= 11 is 0. The van der Waals surface area contributed by atoms with Crippen LogP contribution in [0.1, 0.15) is 33.4 Å². The second kappa shape index (κ2) is 6.17. The minimum Gasteiger partial charge on any atom is -0.336 e. The van der Waals surface area contributed by atoms with Crippen LogP contribution >= 0.6 is 0 Å². The zero-order valence-electron chi connectivity index (χ0n) is 11.5. The molecule has 0 spiro atoms. The van der Waals surface area contributed by atoms with E-state index in [1.54, 1.807) is 0 Å². The van der Waals surface area contributed by atoms with Gasteiger partial charge in [-0.1, -0.05) is 27.7 Å². The molecule has 0 aliphatic carbocycles. The van der Waals surface area contributed by atoms with E-state index in [-0.39, 0.29) is 0 Å². The third-order valence-electron chi connectivity index (χ3n) is 3.52. The molecule has 4 heteroatoms. The van der Waals surface area contributed by atoms with Gasteiger partial charge in [0.1, 0.15) is 0 Å². The average molecular weight is 238 g/mol. The number of hydrogen-bond acceptors (Lipinski definition) is 3. The molecule has 1 aromatic rings. The summed E-state index contributed by atoms with van der Waals surface area (Å²) in [4.78, 5) is 4.34. The van der Waals surface area contributed by atoms with E-state index < -0.39 is 0 Å². The summed E-state index contributed by atoms with van der Waals surface area (Å²) in [5, 5.41) is 3.47. The Labute approximate surface area is 105 Å². The summed E-state index contributed by atoms with van der Waals surface area (Å²) in [5.74, 6) is 0.671. The van der Waals surface area contributed by atoms with Crippen molar-refractivity contribution in [3.8, 4) is 0 Å². The van der Waals surface area contributed by atoms with Crippen molar-refractivity contribution in [3.05, 3.63) is 18.2 Å². The van der Waals surface area contributed by atoms with Crippen LogP contribution in [-0.4, -0.2) is 22.6 Å². The van der Waals surface area contributed by atoms with Crippen LogP contribution in [0.15, 0.2) is 12.5 Å². The van der Waals surface area contributed by atoms with Gasteiger partial charge in [-0.2, -0.15) is 0 Å². The Morgan fingerprint density at radius 2 is 2.18 bits per heavy atom. The number of nitrogens with zero attached hydrogens (tertiary/aromatic N) is 2. The summed E-state index contributed by atoms with van der Waals surface area (Å²) in [5.41, 5.74) is 6.90. The largest absolute Gasteiger partial charge is 0.336 e. The lowest BCUT2D eigenvalue weighted by Gasteiger charge is -2.29. The van der Waals surface area contributed by atoms with Gasteiger partial charge in [0.15, 0.2) is 0 Å². The molecule has 0 fully saturated rings. The van der Waals surface area contributed by atoms with E-state index in [2.05, 4.69) is 44.2 Å². The van der Waals surface area contributed by atoms with Gasteiger partial charge < -0.3 is 15.6 Å². The fourth-order valence-electron chi connectivity index (χ4n) is 1.49. The Hall–Kier alpha value is -0.870. The minimum absolute atomic E-state index is 0.319. The topological polar surface area (TPSA) is 55.9 Å². The summed E-state index contributed by atoms with van der Waals surface area (Å²) in [7, 11) is 0. The van der Waals surface area contributed by atoms with Gasteiger partial charge in [-0.25, -0.2) is 4.98 Å². The monoisotopic (exact) mass is 238 g/mol. The normalized spacial score (nSPS) is 12.4. The van der Waals surface area contributed by atoms with Gasteiger partial charge >= 0.3 is 0 Å². The first-order chi connectivity index (χ1) is 7.95. The lowest BCUT2D eigenvalue weighted by Crippen LogP contribution is -2.33. The fourth-order valence-corrected chi connectivity index (χ4v) is 1.49. The van der Waals surface area contributed by atoms with Crippen LogP contribution in [-0.2, 0) is 13.1 Å². The van der Waals surface area contributed by atoms with Gasteiger partial charge in [0, 0.05) is 32.4 Å². The molecule has 0 bridgehead atoms. The first-order valence-corrected chi connectivity index (χ1v) is 6.37. The highest BCUT2D eigenvalue weighted by Gasteiger charge is 2.21. The lowest BCUT2D eigenvalue weighted by molar-refractivity contribution is 0.237. The number of nitrogens with two attached hydrogens (primary N) is 1. The molecule has 1 rings (SSSR count). The maximum absolute atomic E-state index is 5.50. The maximum atomic E-state index is 5.50. The first-order valence-electron chi connectivity index (χ1n) is 6.37. The molecule has 0 aromatic carbocycles. The Bertz CT molecular complexity index is 328. The molecular formula is C13H26N4. The van der Waals surface area contributed by atoms with Gasteiger partial charge in [-0.3, -0.25) is 0 Å². The van der Waals surface area contributed by atoms with Crippen molar-refractivity contribution in [3.63, 3.8) is 0 Å². The van der Waals surface area contributed by atoms with Crippen LogP contribution in [0.5, 0.6) is 0 Å². The van der Waals surface area contributed by atoms with Crippen molar-refractivity contribution in [2.75, 3.05) is 13.1 Å². The number of hydrogen-bond donors (Lipinski definition) is 2. The van der Waals surface area contributed by atoms with E-state index in [9.17, 15) is 0 Å². The summed E-state index contributed by atoms with van der Waals surface area (Å²) in [6.07, 6.45) is 3.90. The zero-order valence-corrected chi connectivity index (χ0v) is 11.5. The number of aromatic nitrogens is 2. The van der Waals surface area contributed by atoms with E-state index in [4.69, 9.17) is 5.73 Å². The van der Waals surface area contributed by atoms with Gasteiger partial charge in [-0.05, 0) is 11.3 Å². The molecule has 1 heterocycles. The minimum atomic E-state index is 0.319. The Morgan fingerprint density at radius 3 is 2.76 bits per heavy atom. The van der Waals surface area contributed by atoms with Crippen molar-refractivity contribution < 1.29 is 0 Å². The number of nitrogens with one attached hydrogen (secondary N) is 1. The van der Waals surface area contributed by atoms with Gasteiger partial charge in [0.25, 0.3) is 0 Å². The highest BCUT2D eigenvalue weighted by atomic mass is 15.1.